The Balaban J connectivity index is 1.99. The van der Waals surface area contributed by atoms with Gasteiger partial charge in [0.2, 0.25) is 0 Å². The summed E-state index contributed by atoms with van der Waals surface area (Å²) in [6, 6.07) is 4.26. The van der Waals surface area contributed by atoms with Crippen molar-refractivity contribution in [3.05, 3.63) is 59.7 Å². The molecule has 1 aliphatic rings. The van der Waals surface area contributed by atoms with Crippen LogP contribution in [0.4, 0.5) is 13.2 Å². The molecular weight excluding hydrogens is 323 g/mol. The molecular formula is C16H14F3N3O2. The highest BCUT2D eigenvalue weighted by molar-refractivity contribution is 5.94. The molecule has 24 heavy (non-hydrogen) atoms. The third kappa shape index (κ3) is 3.09. The zero-order valence-corrected chi connectivity index (χ0v) is 12.4. The fourth-order valence-corrected chi connectivity index (χ4v) is 2.95. The number of nitrogens with zero attached hydrogens (tertiary/aromatic N) is 3. The van der Waals surface area contributed by atoms with Crippen molar-refractivity contribution >= 4 is 5.91 Å². The Morgan fingerprint density at radius 3 is 2.54 bits per heavy atom. The third-order valence-electron chi connectivity index (χ3n) is 3.97. The first-order valence-electron chi connectivity index (χ1n) is 7.28. The second-order valence-electron chi connectivity index (χ2n) is 5.58. The fraction of sp³-hybridized carbons (Fsp3) is 0.312. The van der Waals surface area contributed by atoms with E-state index in [1.807, 2.05) is 0 Å². The molecule has 0 saturated carbocycles. The minimum atomic E-state index is -4.53. The number of β-amino-alcohol motifs (C(OH)–C–C–N with tert-alkyl or cyclic N) is 1. The smallest absolute Gasteiger partial charge is 0.391 e. The number of hydrogen-bond donors (Lipinski definition) is 1. The molecule has 5 nitrogen and oxygen atoms in total. The van der Waals surface area contributed by atoms with Crippen LogP contribution in [0.15, 0.2) is 43.0 Å². The summed E-state index contributed by atoms with van der Waals surface area (Å²) in [5.41, 5.74) is -0.654. The van der Waals surface area contributed by atoms with Gasteiger partial charge in [-0.2, -0.15) is 13.2 Å². The van der Waals surface area contributed by atoms with Gasteiger partial charge in [0.25, 0.3) is 5.91 Å². The van der Waals surface area contributed by atoms with E-state index >= 15 is 0 Å². The Morgan fingerprint density at radius 2 is 1.88 bits per heavy atom. The maximum atomic E-state index is 13.3. The average molecular weight is 337 g/mol. The van der Waals surface area contributed by atoms with Crippen molar-refractivity contribution in [2.75, 3.05) is 6.54 Å². The van der Waals surface area contributed by atoms with Crippen molar-refractivity contribution in [2.24, 2.45) is 0 Å². The molecule has 2 atom stereocenters. The average Bonchev–Trinajstić information content (AvgIpc) is 2.96. The molecule has 0 bridgehead atoms. The molecule has 0 radical (unpaired) electrons. The van der Waals surface area contributed by atoms with E-state index in [1.54, 1.807) is 0 Å². The van der Waals surface area contributed by atoms with Gasteiger partial charge in [0.1, 0.15) is 6.33 Å². The topological polar surface area (TPSA) is 66.3 Å². The minimum Gasteiger partial charge on any atom is -0.391 e. The molecule has 8 heteroatoms. The quantitative estimate of drug-likeness (QED) is 0.914. The third-order valence-corrected chi connectivity index (χ3v) is 3.97. The number of hydrogen-bond acceptors (Lipinski definition) is 4. The van der Waals surface area contributed by atoms with Gasteiger partial charge < -0.3 is 10.0 Å². The highest BCUT2D eigenvalue weighted by atomic mass is 19.4. The minimum absolute atomic E-state index is 0.0215. The predicted molar refractivity (Wildman–Crippen MR) is 77.9 cm³/mol. The number of halogens is 3. The van der Waals surface area contributed by atoms with Crippen LogP contribution >= 0.6 is 0 Å². The molecule has 2 aromatic rings. The van der Waals surface area contributed by atoms with E-state index in [2.05, 4.69) is 9.97 Å². The number of aliphatic hydroxyl groups excluding tert-OH is 1. The van der Waals surface area contributed by atoms with Crippen molar-refractivity contribution < 1.29 is 23.1 Å². The Bertz CT molecular complexity index is 737. The van der Waals surface area contributed by atoms with Crippen molar-refractivity contribution in [2.45, 2.75) is 24.7 Å². The normalized spacial score (nSPS) is 21.1. The van der Waals surface area contributed by atoms with E-state index < -0.39 is 29.8 Å². The lowest BCUT2D eigenvalue weighted by Gasteiger charge is -2.27. The van der Waals surface area contributed by atoms with Crippen LogP contribution in [0.5, 0.6) is 0 Å². The molecule has 0 spiro atoms. The number of carbonyl (C=O) groups is 1. The number of aromatic nitrogens is 2. The molecule has 1 N–H and O–H groups in total. The van der Waals surface area contributed by atoms with Crippen LogP contribution < -0.4 is 0 Å². The maximum Gasteiger partial charge on any atom is 0.416 e. The molecule has 1 aliphatic heterocycles. The lowest BCUT2D eigenvalue weighted by molar-refractivity contribution is -0.138. The lowest BCUT2D eigenvalue weighted by Crippen LogP contribution is -2.32. The fourth-order valence-electron chi connectivity index (χ4n) is 2.95. The first-order chi connectivity index (χ1) is 11.4. The van der Waals surface area contributed by atoms with Crippen LogP contribution in [-0.2, 0) is 6.18 Å². The summed E-state index contributed by atoms with van der Waals surface area (Å²) >= 11 is 0. The Labute approximate surface area is 135 Å². The first-order valence-corrected chi connectivity index (χ1v) is 7.28. The van der Waals surface area contributed by atoms with Gasteiger partial charge in [-0.1, -0.05) is 18.2 Å². The van der Waals surface area contributed by atoms with Gasteiger partial charge >= 0.3 is 6.18 Å². The van der Waals surface area contributed by atoms with Gasteiger partial charge in [-0.3, -0.25) is 4.79 Å². The summed E-state index contributed by atoms with van der Waals surface area (Å²) < 4.78 is 39.8. The Kier molecular flexibility index (Phi) is 4.23. The van der Waals surface area contributed by atoms with Crippen molar-refractivity contribution in [3.8, 4) is 0 Å². The zero-order valence-electron chi connectivity index (χ0n) is 12.4. The van der Waals surface area contributed by atoms with Gasteiger partial charge in [-0.25, -0.2) is 9.97 Å². The molecule has 1 fully saturated rings. The first kappa shape index (κ1) is 16.4. The lowest BCUT2D eigenvalue weighted by atomic mass is 9.97. The zero-order chi connectivity index (χ0) is 17.3. The molecule has 0 aliphatic carbocycles. The maximum absolute atomic E-state index is 13.3. The van der Waals surface area contributed by atoms with Crippen molar-refractivity contribution in [3.63, 3.8) is 0 Å². The second-order valence-corrected chi connectivity index (χ2v) is 5.58. The standard InChI is InChI=1S/C16H14F3N3O2/c17-16(18,19)13-4-2-1-3-12(13)14-5-11(23)8-22(14)15(24)10-6-20-9-21-7-10/h1-4,6-7,9,11,14,23H,5,8H2/t11-,14-/m1/s1. The molecule has 3 rings (SSSR count). The molecule has 1 saturated heterocycles. The van der Waals surface area contributed by atoms with Crippen LogP contribution in [0.1, 0.15) is 33.9 Å². The summed E-state index contributed by atoms with van der Waals surface area (Å²) in [6.45, 7) is -0.0371. The van der Waals surface area contributed by atoms with E-state index in [9.17, 15) is 23.1 Å². The van der Waals surface area contributed by atoms with E-state index in [4.69, 9.17) is 0 Å². The molecule has 0 unspecified atom stereocenters. The van der Waals surface area contributed by atoms with Gasteiger partial charge in [-0.15, -0.1) is 0 Å². The molecule has 1 amide bonds. The van der Waals surface area contributed by atoms with Gasteiger partial charge in [0, 0.05) is 18.9 Å². The monoisotopic (exact) mass is 337 g/mol. The number of amides is 1. The number of carbonyl (C=O) groups excluding carboxylic acids is 1. The summed E-state index contributed by atoms with van der Waals surface area (Å²) in [5, 5.41) is 9.91. The van der Waals surface area contributed by atoms with E-state index in [1.165, 1.54) is 41.8 Å². The molecule has 2 heterocycles. The summed E-state index contributed by atoms with van der Waals surface area (Å²) in [7, 11) is 0. The largest absolute Gasteiger partial charge is 0.416 e. The second kappa shape index (κ2) is 6.20. The van der Waals surface area contributed by atoms with Crippen LogP contribution in [0.25, 0.3) is 0 Å². The van der Waals surface area contributed by atoms with Gasteiger partial charge in [0.15, 0.2) is 0 Å². The van der Waals surface area contributed by atoms with Crippen LogP contribution in [-0.4, -0.2) is 38.5 Å². The number of benzene rings is 1. The Morgan fingerprint density at radius 1 is 1.21 bits per heavy atom. The number of rotatable bonds is 2. The summed E-state index contributed by atoms with van der Waals surface area (Å²) in [4.78, 5) is 21.3. The highest BCUT2D eigenvalue weighted by Crippen LogP contribution is 2.40. The van der Waals surface area contributed by atoms with Crippen molar-refractivity contribution in [1.29, 1.82) is 0 Å². The predicted octanol–water partition coefficient (Wildman–Crippen LogP) is 2.44. The van der Waals surface area contributed by atoms with Gasteiger partial charge in [-0.05, 0) is 18.1 Å². The molecule has 1 aromatic carbocycles. The SMILES string of the molecule is O=C(c1cncnc1)N1C[C@H](O)C[C@@H]1c1ccccc1C(F)(F)F. The van der Waals surface area contributed by atoms with Crippen molar-refractivity contribution in [1.82, 2.24) is 14.9 Å². The van der Waals surface area contributed by atoms with E-state index in [0.717, 1.165) is 6.07 Å². The van der Waals surface area contributed by atoms with Gasteiger partial charge in [0.05, 0.1) is 23.3 Å². The number of likely N-dealkylation sites (tertiary alicyclic amines) is 1. The van der Waals surface area contributed by atoms with Crippen LogP contribution in [0, 0.1) is 0 Å². The van der Waals surface area contributed by atoms with Crippen LogP contribution in [0.3, 0.4) is 0 Å². The molecule has 1 aromatic heterocycles. The summed E-state index contributed by atoms with van der Waals surface area (Å²) in [5.74, 6) is -0.505. The highest BCUT2D eigenvalue weighted by Gasteiger charge is 2.41. The summed E-state index contributed by atoms with van der Waals surface area (Å²) in [6.07, 6.45) is -1.52. The molecule has 126 valence electrons. The van der Waals surface area contributed by atoms with E-state index in [-0.39, 0.29) is 24.1 Å². The Hall–Kier alpha value is -2.48. The number of aliphatic hydroxyl groups is 1. The van der Waals surface area contributed by atoms with Crippen LogP contribution in [0.2, 0.25) is 0 Å². The number of alkyl halides is 3. The van der Waals surface area contributed by atoms with E-state index in [0.29, 0.717) is 0 Å².